The molecule has 0 saturated carbocycles. The van der Waals surface area contributed by atoms with Crippen LogP contribution in [-0.4, -0.2) is 29.3 Å². The first-order valence-corrected chi connectivity index (χ1v) is 13.5. The predicted molar refractivity (Wildman–Crippen MR) is 150 cm³/mol. The van der Waals surface area contributed by atoms with Gasteiger partial charge in [-0.15, -0.1) is 5.10 Å². The van der Waals surface area contributed by atoms with Crippen molar-refractivity contribution in [1.29, 1.82) is 0 Å². The fourth-order valence-electron chi connectivity index (χ4n) is 4.90. The Morgan fingerprint density at radius 3 is 2.34 bits per heavy atom. The average molecular weight is 507 g/mol. The van der Waals surface area contributed by atoms with E-state index in [9.17, 15) is 4.79 Å². The molecule has 7 heteroatoms. The molecule has 5 rings (SSSR count). The molecular weight excluding hydrogens is 472 g/mol. The van der Waals surface area contributed by atoms with Gasteiger partial charge in [0.25, 0.3) is 0 Å². The highest BCUT2D eigenvalue weighted by Gasteiger charge is 2.13. The summed E-state index contributed by atoms with van der Waals surface area (Å²) in [6.45, 7) is 3.47. The molecule has 2 aromatic heterocycles. The van der Waals surface area contributed by atoms with Crippen LogP contribution in [0.1, 0.15) is 49.4 Å². The zero-order valence-corrected chi connectivity index (χ0v) is 21.9. The van der Waals surface area contributed by atoms with E-state index >= 15 is 0 Å². The molecule has 0 aliphatic heterocycles. The number of rotatable bonds is 12. The van der Waals surface area contributed by atoms with Gasteiger partial charge < -0.3 is 0 Å². The van der Waals surface area contributed by atoms with E-state index < -0.39 is 0 Å². The van der Waals surface area contributed by atoms with Gasteiger partial charge in [-0.05, 0) is 52.4 Å². The molecule has 0 amide bonds. The normalized spacial score (nSPS) is 11.2. The van der Waals surface area contributed by atoms with E-state index in [1.54, 1.807) is 11.0 Å². The number of tetrazole rings is 1. The number of unbranched alkanes of at least 4 members (excludes halogenated alkanes) is 3. The fraction of sp³-hybridized carbons (Fsp3) is 0.290. The summed E-state index contributed by atoms with van der Waals surface area (Å²) in [7, 11) is 0. The van der Waals surface area contributed by atoms with Gasteiger partial charge in [0.1, 0.15) is 6.33 Å². The Kier molecular flexibility index (Phi) is 8.23. The Morgan fingerprint density at radius 2 is 1.58 bits per heavy atom. The van der Waals surface area contributed by atoms with Crippen LogP contribution in [0.25, 0.3) is 16.8 Å². The third-order valence-electron chi connectivity index (χ3n) is 7.00. The summed E-state index contributed by atoms with van der Waals surface area (Å²) >= 11 is 0. The van der Waals surface area contributed by atoms with Gasteiger partial charge in [-0.1, -0.05) is 99.0 Å². The zero-order valence-electron chi connectivity index (χ0n) is 21.9. The number of imidazole rings is 1. The lowest BCUT2D eigenvalue weighted by Crippen LogP contribution is -2.26. The number of aromatic nitrogens is 6. The first kappa shape index (κ1) is 25.4. The Hall–Kier alpha value is -4.26. The zero-order chi connectivity index (χ0) is 26.2. The smallest absolute Gasteiger partial charge is 0.299 e. The molecule has 0 saturated heterocycles. The maximum atomic E-state index is 13.5. The van der Waals surface area contributed by atoms with E-state index in [0.717, 1.165) is 47.3 Å². The summed E-state index contributed by atoms with van der Waals surface area (Å²) in [5.41, 5.74) is 6.58. The van der Waals surface area contributed by atoms with Crippen molar-refractivity contribution in [3.8, 4) is 16.8 Å². The maximum Gasteiger partial charge on any atom is 0.328 e. The van der Waals surface area contributed by atoms with Gasteiger partial charge in [-0.25, -0.2) is 4.79 Å². The molecule has 194 valence electrons. The van der Waals surface area contributed by atoms with Crippen LogP contribution in [0.2, 0.25) is 0 Å². The van der Waals surface area contributed by atoms with Crippen molar-refractivity contribution in [2.24, 2.45) is 0 Å². The summed E-state index contributed by atoms with van der Waals surface area (Å²) < 4.78 is 5.52. The highest BCUT2D eigenvalue weighted by Crippen LogP contribution is 2.26. The van der Waals surface area contributed by atoms with Crippen LogP contribution in [-0.2, 0) is 25.9 Å². The van der Waals surface area contributed by atoms with Crippen LogP contribution in [0.3, 0.4) is 0 Å². The molecule has 38 heavy (non-hydrogen) atoms. The van der Waals surface area contributed by atoms with Crippen molar-refractivity contribution in [3.05, 3.63) is 119 Å². The van der Waals surface area contributed by atoms with E-state index in [1.807, 2.05) is 45.5 Å². The van der Waals surface area contributed by atoms with Crippen molar-refractivity contribution in [2.45, 2.75) is 58.5 Å². The van der Waals surface area contributed by atoms with Crippen LogP contribution in [0, 0.1) is 0 Å². The number of aryl methyl sites for hydroxylation is 3. The standard InChI is InChI=1S/C31H34N6O/c1-2-3-4-8-13-28-23-35(21-20-25-11-6-5-7-12-25)31(38)36(28)22-26-16-18-27(19-17-26)29-14-9-10-15-30(29)37-24-32-33-34-37/h5-7,9-12,14-19,23-24H,2-4,8,13,20-22H2,1H3. The quantitative estimate of drug-likeness (QED) is 0.203. The van der Waals surface area contributed by atoms with E-state index in [-0.39, 0.29) is 5.69 Å². The van der Waals surface area contributed by atoms with Crippen LogP contribution < -0.4 is 5.69 Å². The number of hydrogen-bond acceptors (Lipinski definition) is 4. The van der Waals surface area contributed by atoms with Crippen LogP contribution in [0.5, 0.6) is 0 Å². The van der Waals surface area contributed by atoms with Gasteiger partial charge in [0.2, 0.25) is 0 Å². The van der Waals surface area contributed by atoms with Gasteiger partial charge in [0.05, 0.1) is 12.2 Å². The lowest BCUT2D eigenvalue weighted by atomic mass is 10.0. The molecule has 3 aromatic carbocycles. The SMILES string of the molecule is CCCCCCc1cn(CCc2ccccc2)c(=O)n1Cc1ccc(-c2ccccc2-n2cnnn2)cc1. The third-order valence-corrected chi connectivity index (χ3v) is 7.00. The summed E-state index contributed by atoms with van der Waals surface area (Å²) in [6, 6.07) is 26.9. The van der Waals surface area contributed by atoms with Crippen molar-refractivity contribution in [3.63, 3.8) is 0 Å². The summed E-state index contributed by atoms with van der Waals surface area (Å²) in [6.07, 6.45) is 10.2. The first-order valence-electron chi connectivity index (χ1n) is 13.5. The molecule has 0 spiro atoms. The molecule has 5 aromatic rings. The van der Waals surface area contributed by atoms with E-state index in [2.05, 4.69) is 71.1 Å². The highest BCUT2D eigenvalue weighted by molar-refractivity contribution is 5.72. The van der Waals surface area contributed by atoms with Crippen molar-refractivity contribution < 1.29 is 0 Å². The van der Waals surface area contributed by atoms with E-state index in [4.69, 9.17) is 0 Å². The van der Waals surface area contributed by atoms with Gasteiger partial charge in [0, 0.05) is 24.0 Å². The second-order valence-electron chi connectivity index (χ2n) is 9.70. The van der Waals surface area contributed by atoms with Crippen LogP contribution >= 0.6 is 0 Å². The van der Waals surface area contributed by atoms with Crippen molar-refractivity contribution in [1.82, 2.24) is 29.3 Å². The van der Waals surface area contributed by atoms with Crippen LogP contribution in [0.4, 0.5) is 0 Å². The molecule has 0 aliphatic rings. The lowest BCUT2D eigenvalue weighted by Gasteiger charge is -2.11. The number of para-hydroxylation sites is 1. The second kappa shape index (κ2) is 12.3. The monoisotopic (exact) mass is 506 g/mol. The summed E-state index contributed by atoms with van der Waals surface area (Å²) in [5.74, 6) is 0. The average Bonchev–Trinajstić information content (AvgIpc) is 3.60. The molecule has 7 nitrogen and oxygen atoms in total. The molecule has 0 aliphatic carbocycles. The minimum absolute atomic E-state index is 0.0690. The molecule has 2 heterocycles. The predicted octanol–water partition coefficient (Wildman–Crippen LogP) is 5.71. The molecule has 0 atom stereocenters. The Bertz CT molecular complexity index is 1480. The number of hydrogen-bond donors (Lipinski definition) is 0. The Balaban J connectivity index is 1.37. The largest absolute Gasteiger partial charge is 0.328 e. The lowest BCUT2D eigenvalue weighted by molar-refractivity contribution is 0.616. The minimum Gasteiger partial charge on any atom is -0.299 e. The first-order chi connectivity index (χ1) is 18.7. The summed E-state index contributed by atoms with van der Waals surface area (Å²) in [5, 5.41) is 11.6. The molecule has 0 unspecified atom stereocenters. The Labute approximate surface area is 223 Å². The van der Waals surface area contributed by atoms with Gasteiger partial charge in [-0.3, -0.25) is 9.13 Å². The van der Waals surface area contributed by atoms with Crippen molar-refractivity contribution in [2.75, 3.05) is 0 Å². The molecule has 0 N–H and O–H groups in total. The minimum atomic E-state index is 0.0690. The molecule has 0 radical (unpaired) electrons. The van der Waals surface area contributed by atoms with Gasteiger partial charge >= 0.3 is 5.69 Å². The van der Waals surface area contributed by atoms with E-state index in [1.165, 1.54) is 24.8 Å². The molecule has 0 bridgehead atoms. The molecular formula is C31H34N6O. The molecule has 0 fully saturated rings. The summed E-state index contributed by atoms with van der Waals surface area (Å²) in [4.78, 5) is 13.5. The van der Waals surface area contributed by atoms with E-state index in [0.29, 0.717) is 13.1 Å². The van der Waals surface area contributed by atoms with Crippen LogP contribution in [0.15, 0.2) is 96.2 Å². The van der Waals surface area contributed by atoms with Crippen molar-refractivity contribution >= 4 is 0 Å². The fourth-order valence-corrected chi connectivity index (χ4v) is 4.90. The number of nitrogens with zero attached hydrogens (tertiary/aromatic N) is 6. The number of benzene rings is 3. The maximum absolute atomic E-state index is 13.5. The Morgan fingerprint density at radius 1 is 0.789 bits per heavy atom. The second-order valence-corrected chi connectivity index (χ2v) is 9.70. The topological polar surface area (TPSA) is 70.5 Å². The van der Waals surface area contributed by atoms with Gasteiger partial charge in [0.15, 0.2) is 0 Å². The third kappa shape index (κ3) is 5.99. The van der Waals surface area contributed by atoms with Gasteiger partial charge in [-0.2, -0.15) is 4.68 Å². The highest BCUT2D eigenvalue weighted by atomic mass is 16.1.